The van der Waals surface area contributed by atoms with E-state index >= 15 is 0 Å². The zero-order valence-corrected chi connectivity index (χ0v) is 20.5. The molecule has 0 saturated carbocycles. The van der Waals surface area contributed by atoms with E-state index in [1.54, 1.807) is 36.7 Å². The number of Topliss-reactive ketones (excluding diaryl/α,β-unsaturated/α-hetero) is 1. The number of carbonyl (C=O) groups is 2. The number of aromatic nitrogens is 2. The average Bonchev–Trinajstić information content (AvgIpc) is 3.27. The van der Waals surface area contributed by atoms with Gasteiger partial charge < -0.3 is 9.30 Å². The lowest BCUT2D eigenvalue weighted by Crippen LogP contribution is -2.15. The van der Waals surface area contributed by atoms with Crippen molar-refractivity contribution >= 4 is 24.0 Å². The normalized spacial score (nSPS) is 12.0. The van der Waals surface area contributed by atoms with E-state index in [-0.39, 0.29) is 35.7 Å². The molecular formula is C28H29F2N3O3. The zero-order chi connectivity index (χ0) is 26.1. The molecule has 0 saturated heterocycles. The third kappa shape index (κ3) is 7.53. The topological polar surface area (TPSA) is 73.6 Å². The van der Waals surface area contributed by atoms with Gasteiger partial charge in [-0.1, -0.05) is 38.1 Å². The Labute approximate surface area is 209 Å². The Balaban J connectivity index is 1.87. The van der Waals surface area contributed by atoms with E-state index in [1.807, 2.05) is 18.4 Å². The van der Waals surface area contributed by atoms with Gasteiger partial charge in [-0.15, -0.1) is 0 Å². The summed E-state index contributed by atoms with van der Waals surface area (Å²) in [6.45, 7) is 4.24. The lowest BCUT2D eigenvalue weighted by molar-refractivity contribution is -0.142. The molecule has 6 nitrogen and oxygen atoms in total. The van der Waals surface area contributed by atoms with Crippen LogP contribution in [0.1, 0.15) is 49.6 Å². The van der Waals surface area contributed by atoms with Gasteiger partial charge in [0.15, 0.2) is 5.76 Å². The summed E-state index contributed by atoms with van der Waals surface area (Å²) in [5.41, 5.74) is 1.77. The van der Waals surface area contributed by atoms with Gasteiger partial charge in [-0.05, 0) is 47.7 Å². The molecule has 0 amide bonds. The monoisotopic (exact) mass is 493 g/mol. The summed E-state index contributed by atoms with van der Waals surface area (Å²) in [6.07, 6.45) is 6.60. The van der Waals surface area contributed by atoms with Crippen molar-refractivity contribution in [3.05, 3.63) is 95.3 Å². The Bertz CT molecular complexity index is 1180. The van der Waals surface area contributed by atoms with Crippen molar-refractivity contribution in [3.8, 4) is 0 Å². The highest BCUT2D eigenvalue weighted by Gasteiger charge is 2.18. The Morgan fingerprint density at radius 3 is 2.14 bits per heavy atom. The second-order valence-corrected chi connectivity index (χ2v) is 8.76. The fraction of sp³-hybridized carbons (Fsp3) is 0.286. The van der Waals surface area contributed by atoms with Gasteiger partial charge in [-0.3, -0.25) is 14.6 Å². The van der Waals surface area contributed by atoms with Crippen molar-refractivity contribution in [1.82, 2.24) is 9.55 Å². The minimum absolute atomic E-state index is 0.0746. The molecule has 0 radical (unpaired) electrons. The number of ketones is 1. The van der Waals surface area contributed by atoms with Crippen molar-refractivity contribution in [2.45, 2.75) is 39.2 Å². The summed E-state index contributed by atoms with van der Waals surface area (Å²) in [4.78, 5) is 32.8. The van der Waals surface area contributed by atoms with E-state index in [0.717, 1.165) is 17.3 Å². The van der Waals surface area contributed by atoms with Gasteiger partial charge in [-0.25, -0.2) is 13.8 Å². The molecule has 0 aliphatic rings. The van der Waals surface area contributed by atoms with E-state index in [1.165, 1.54) is 37.4 Å². The van der Waals surface area contributed by atoms with Gasteiger partial charge in [0.2, 0.25) is 5.78 Å². The van der Waals surface area contributed by atoms with Gasteiger partial charge in [0, 0.05) is 44.4 Å². The number of carbonyl (C=O) groups excluding carboxylic acids is 2. The zero-order valence-electron chi connectivity index (χ0n) is 20.5. The molecule has 0 N–H and O–H groups in total. The lowest BCUT2D eigenvalue weighted by Gasteiger charge is -2.19. The van der Waals surface area contributed by atoms with E-state index in [0.29, 0.717) is 18.8 Å². The van der Waals surface area contributed by atoms with Crippen LogP contribution in [0.3, 0.4) is 0 Å². The fourth-order valence-electron chi connectivity index (χ4n) is 3.78. The Morgan fingerprint density at radius 2 is 1.61 bits per heavy atom. The Hall–Kier alpha value is -3.94. The molecule has 0 atom stereocenters. The third-order valence-corrected chi connectivity index (χ3v) is 5.50. The number of hydrogen-bond acceptors (Lipinski definition) is 5. The van der Waals surface area contributed by atoms with Gasteiger partial charge in [0.1, 0.15) is 17.5 Å². The Kier molecular flexibility index (Phi) is 9.39. The lowest BCUT2D eigenvalue weighted by atomic mass is 9.88. The number of halogens is 2. The second kappa shape index (κ2) is 12.7. The summed E-state index contributed by atoms with van der Waals surface area (Å²) >= 11 is 0. The van der Waals surface area contributed by atoms with Crippen LogP contribution >= 0.6 is 0 Å². The molecular weight excluding hydrogens is 464 g/mol. The van der Waals surface area contributed by atoms with Gasteiger partial charge >= 0.3 is 5.97 Å². The third-order valence-electron chi connectivity index (χ3n) is 5.50. The molecule has 8 heteroatoms. The maximum atomic E-state index is 13.5. The van der Waals surface area contributed by atoms with E-state index in [2.05, 4.69) is 9.98 Å². The van der Waals surface area contributed by atoms with Gasteiger partial charge in [0.05, 0.1) is 6.21 Å². The van der Waals surface area contributed by atoms with Crippen molar-refractivity contribution in [3.63, 3.8) is 0 Å². The van der Waals surface area contributed by atoms with Crippen LogP contribution < -0.4 is 0 Å². The summed E-state index contributed by atoms with van der Waals surface area (Å²) < 4.78 is 34.2. The van der Waals surface area contributed by atoms with Crippen molar-refractivity contribution in [1.29, 1.82) is 0 Å². The minimum atomic E-state index is -0.542. The highest BCUT2D eigenvalue weighted by molar-refractivity contribution is 6.35. The number of hydrogen-bond donors (Lipinski definition) is 0. The number of aryl methyl sites for hydroxylation is 1. The summed E-state index contributed by atoms with van der Waals surface area (Å²) in [7, 11) is 1.46. The summed E-state index contributed by atoms with van der Waals surface area (Å²) in [5, 5.41) is 0. The largest absolute Gasteiger partial charge is 0.422 e. The van der Waals surface area contributed by atoms with Crippen LogP contribution in [0.25, 0.3) is 6.08 Å². The molecule has 1 heterocycles. The first-order valence-corrected chi connectivity index (χ1v) is 11.7. The van der Waals surface area contributed by atoms with Crippen LogP contribution in [0.15, 0.2) is 71.7 Å². The van der Waals surface area contributed by atoms with Crippen molar-refractivity contribution < 1.29 is 23.1 Å². The van der Waals surface area contributed by atoms with E-state index in [4.69, 9.17) is 4.74 Å². The first-order valence-electron chi connectivity index (χ1n) is 11.7. The fourth-order valence-corrected chi connectivity index (χ4v) is 3.78. The molecule has 3 rings (SSSR count). The van der Waals surface area contributed by atoms with Gasteiger partial charge in [-0.2, -0.15) is 0 Å². The number of allylic oxidation sites excluding steroid dienone is 1. The van der Waals surface area contributed by atoms with Crippen LogP contribution in [0.5, 0.6) is 0 Å². The molecule has 0 bridgehead atoms. The number of esters is 1. The number of aliphatic imine (C=N–C) groups is 1. The molecule has 0 aliphatic carbocycles. The predicted molar refractivity (Wildman–Crippen MR) is 134 cm³/mol. The molecule has 0 unspecified atom stereocenters. The highest BCUT2D eigenvalue weighted by Crippen LogP contribution is 2.29. The standard InChI is InChI=1S/C28H29F2N3O3/c1-19(2)16-28(35)36-26(25(34)18-31-3)17-27-32-13-15-33(27)14-12-24(20-4-8-22(29)9-5-20)21-6-10-23(30)11-7-21/h4-11,13,15,17-19,24H,12,14,16H2,1-3H3/b26-17-,31-18?. The molecule has 0 aliphatic heterocycles. The predicted octanol–water partition coefficient (Wildman–Crippen LogP) is 5.58. The van der Waals surface area contributed by atoms with Crippen molar-refractivity contribution in [2.24, 2.45) is 10.9 Å². The van der Waals surface area contributed by atoms with Crippen LogP contribution in [0.2, 0.25) is 0 Å². The number of ether oxygens (including phenoxy) is 1. The molecule has 2 aromatic carbocycles. The van der Waals surface area contributed by atoms with Crippen LogP contribution in [0.4, 0.5) is 8.78 Å². The van der Waals surface area contributed by atoms with Crippen molar-refractivity contribution in [2.75, 3.05) is 7.05 Å². The Morgan fingerprint density at radius 1 is 1.03 bits per heavy atom. The highest BCUT2D eigenvalue weighted by atomic mass is 19.1. The molecule has 36 heavy (non-hydrogen) atoms. The maximum absolute atomic E-state index is 13.5. The first kappa shape index (κ1) is 26.7. The van der Waals surface area contributed by atoms with Crippen LogP contribution in [-0.4, -0.2) is 34.6 Å². The number of benzene rings is 2. The van der Waals surface area contributed by atoms with E-state index < -0.39 is 11.8 Å². The number of imidazole rings is 1. The molecule has 188 valence electrons. The molecule has 0 spiro atoms. The molecule has 0 fully saturated rings. The summed E-state index contributed by atoms with van der Waals surface area (Å²) in [5.74, 6) is -1.52. The summed E-state index contributed by atoms with van der Waals surface area (Å²) in [6, 6.07) is 12.5. The average molecular weight is 494 g/mol. The van der Waals surface area contributed by atoms with E-state index in [9.17, 15) is 18.4 Å². The van der Waals surface area contributed by atoms with Gasteiger partial charge in [0.25, 0.3) is 0 Å². The molecule has 1 aromatic heterocycles. The first-order chi connectivity index (χ1) is 17.3. The molecule has 3 aromatic rings. The van der Waals surface area contributed by atoms with Crippen LogP contribution in [-0.2, 0) is 20.9 Å². The smallest absolute Gasteiger partial charge is 0.311 e. The maximum Gasteiger partial charge on any atom is 0.311 e. The minimum Gasteiger partial charge on any atom is -0.422 e. The quantitative estimate of drug-likeness (QED) is 0.151. The number of rotatable bonds is 11. The SMILES string of the molecule is CN=CC(=O)/C(=C/c1nccn1CCC(c1ccc(F)cc1)c1ccc(F)cc1)OC(=O)CC(C)C. The second-order valence-electron chi connectivity index (χ2n) is 8.76. The van der Waals surface area contributed by atoms with Crippen LogP contribution in [0, 0.1) is 17.6 Å². The number of nitrogens with zero attached hydrogens (tertiary/aromatic N) is 3.